The number of nitrogens with zero attached hydrogens (tertiary/aromatic N) is 2. The molecule has 2 aromatic heterocycles. The first-order valence-corrected chi connectivity index (χ1v) is 9.96. The Morgan fingerprint density at radius 2 is 2.17 bits per heavy atom. The number of aryl methyl sites for hydroxylation is 1. The zero-order valence-electron chi connectivity index (χ0n) is 16.3. The molecule has 29 heavy (non-hydrogen) atoms. The van der Waals surface area contributed by atoms with E-state index in [2.05, 4.69) is 33.1 Å². The van der Waals surface area contributed by atoms with Gasteiger partial charge in [-0.2, -0.15) is 0 Å². The molecule has 0 amide bonds. The lowest BCUT2D eigenvalue weighted by atomic mass is 9.98. The van der Waals surface area contributed by atoms with E-state index in [1.807, 2.05) is 19.3 Å². The maximum absolute atomic E-state index is 11.8. The normalized spacial score (nSPS) is 16.7. The van der Waals surface area contributed by atoms with Crippen LogP contribution in [0.1, 0.15) is 46.7 Å². The van der Waals surface area contributed by atoms with E-state index in [-0.39, 0.29) is 5.56 Å². The summed E-state index contributed by atoms with van der Waals surface area (Å²) in [6.07, 6.45) is 9.05. The van der Waals surface area contributed by atoms with Gasteiger partial charge in [0.15, 0.2) is 0 Å². The Morgan fingerprint density at radius 3 is 2.90 bits per heavy atom. The van der Waals surface area contributed by atoms with Crippen molar-refractivity contribution in [3.63, 3.8) is 0 Å². The first-order chi connectivity index (χ1) is 14.1. The van der Waals surface area contributed by atoms with Crippen molar-refractivity contribution >= 4 is 34.0 Å². The summed E-state index contributed by atoms with van der Waals surface area (Å²) in [5.74, 6) is -0.123. The maximum atomic E-state index is 11.8. The van der Waals surface area contributed by atoms with Crippen molar-refractivity contribution in [2.75, 3.05) is 18.5 Å². The molecule has 0 atom stereocenters. The van der Waals surface area contributed by atoms with Gasteiger partial charge in [-0.3, -0.25) is 0 Å². The third-order valence-corrected chi connectivity index (χ3v) is 5.73. The van der Waals surface area contributed by atoms with Crippen molar-refractivity contribution in [2.24, 2.45) is 7.05 Å². The van der Waals surface area contributed by atoms with Crippen LogP contribution >= 0.6 is 0 Å². The summed E-state index contributed by atoms with van der Waals surface area (Å²) in [5.41, 5.74) is 5.63. The second kappa shape index (κ2) is 7.04. The Bertz CT molecular complexity index is 1140. The molecule has 1 fully saturated rings. The van der Waals surface area contributed by atoms with Gasteiger partial charge in [0.05, 0.1) is 18.7 Å². The van der Waals surface area contributed by atoms with E-state index in [1.54, 1.807) is 12.3 Å². The summed E-state index contributed by atoms with van der Waals surface area (Å²) >= 11 is 0. The van der Waals surface area contributed by atoms with Crippen molar-refractivity contribution < 1.29 is 14.6 Å². The molecule has 0 bridgehead atoms. The van der Waals surface area contributed by atoms with Crippen molar-refractivity contribution in [2.45, 2.75) is 25.2 Å². The minimum absolute atomic E-state index is 0.217. The van der Waals surface area contributed by atoms with Crippen LogP contribution in [0.2, 0.25) is 0 Å². The molecule has 0 unspecified atom stereocenters. The zero-order chi connectivity index (χ0) is 20.0. The summed E-state index contributed by atoms with van der Waals surface area (Å²) in [5, 5.41) is 14.1. The Balaban J connectivity index is 1.57. The summed E-state index contributed by atoms with van der Waals surface area (Å²) in [6.45, 7) is 1.33. The molecule has 0 spiro atoms. The molecule has 6 heteroatoms. The van der Waals surface area contributed by atoms with Crippen LogP contribution in [0.5, 0.6) is 0 Å². The highest BCUT2D eigenvalue weighted by Gasteiger charge is 2.26. The average molecular weight is 389 g/mol. The highest BCUT2D eigenvalue weighted by atomic mass is 16.5. The quantitative estimate of drug-likeness (QED) is 0.662. The third-order valence-electron chi connectivity index (χ3n) is 5.73. The fraction of sp³-hybridized carbons (Fsp3) is 0.304. The maximum Gasteiger partial charge on any atom is 0.339 e. The number of hydrogen-bond donors (Lipinski definition) is 2. The molecule has 1 aromatic carbocycles. The van der Waals surface area contributed by atoms with E-state index in [1.165, 1.54) is 11.1 Å². The predicted molar refractivity (Wildman–Crippen MR) is 113 cm³/mol. The average Bonchev–Trinajstić information content (AvgIpc) is 3.52. The highest BCUT2D eigenvalue weighted by Crippen LogP contribution is 2.41. The van der Waals surface area contributed by atoms with Gasteiger partial charge in [-0.25, -0.2) is 9.78 Å². The van der Waals surface area contributed by atoms with Gasteiger partial charge in [0, 0.05) is 36.1 Å². The Hall–Kier alpha value is -3.12. The summed E-state index contributed by atoms with van der Waals surface area (Å²) < 4.78 is 7.60. The van der Waals surface area contributed by atoms with E-state index in [4.69, 9.17) is 4.74 Å². The number of hydrogen-bond acceptors (Lipinski definition) is 4. The van der Waals surface area contributed by atoms with Gasteiger partial charge in [-0.05, 0) is 60.6 Å². The molecule has 1 aliphatic carbocycles. The lowest BCUT2D eigenvalue weighted by Crippen LogP contribution is -2.07. The summed E-state index contributed by atoms with van der Waals surface area (Å²) in [7, 11) is 2.04. The van der Waals surface area contributed by atoms with Crippen LogP contribution in [0.3, 0.4) is 0 Å². The van der Waals surface area contributed by atoms with Crippen LogP contribution in [-0.4, -0.2) is 33.8 Å². The fourth-order valence-corrected chi connectivity index (χ4v) is 4.05. The van der Waals surface area contributed by atoms with Crippen molar-refractivity contribution in [3.8, 4) is 0 Å². The number of anilines is 2. The van der Waals surface area contributed by atoms with Crippen LogP contribution in [0, 0.1) is 0 Å². The SMILES string of the molecule is Cn1ccc2cc(Nc3ncc(C4CC4)cc3C(=O)O)cc(C3=CCOCC3)c21. The molecule has 3 aromatic rings. The van der Waals surface area contributed by atoms with Crippen molar-refractivity contribution in [3.05, 3.63) is 59.4 Å². The van der Waals surface area contributed by atoms with Gasteiger partial charge < -0.3 is 19.7 Å². The Kier molecular flexibility index (Phi) is 4.36. The summed E-state index contributed by atoms with van der Waals surface area (Å²) in [6, 6.07) is 7.96. The van der Waals surface area contributed by atoms with Gasteiger partial charge in [0.25, 0.3) is 0 Å². The Labute approximate surface area is 168 Å². The van der Waals surface area contributed by atoms with Crippen LogP contribution in [0.4, 0.5) is 11.5 Å². The van der Waals surface area contributed by atoms with Gasteiger partial charge in [0.1, 0.15) is 11.4 Å². The molecule has 5 rings (SSSR count). The van der Waals surface area contributed by atoms with E-state index in [0.717, 1.165) is 41.5 Å². The lowest BCUT2D eigenvalue weighted by Gasteiger charge is -2.18. The number of aromatic carboxylic acids is 1. The van der Waals surface area contributed by atoms with Crippen LogP contribution in [0.25, 0.3) is 16.5 Å². The number of carbonyl (C=O) groups is 1. The molecule has 2 N–H and O–H groups in total. The fourth-order valence-electron chi connectivity index (χ4n) is 4.05. The molecular formula is C23H23N3O3. The third kappa shape index (κ3) is 3.40. The molecule has 6 nitrogen and oxygen atoms in total. The van der Waals surface area contributed by atoms with Gasteiger partial charge in [-0.15, -0.1) is 0 Å². The largest absolute Gasteiger partial charge is 0.478 e. The van der Waals surface area contributed by atoms with E-state index in [9.17, 15) is 9.90 Å². The number of nitrogens with one attached hydrogen (secondary N) is 1. The molecule has 2 aliphatic rings. The number of carboxylic acids is 1. The number of benzene rings is 1. The van der Waals surface area contributed by atoms with Gasteiger partial charge >= 0.3 is 5.97 Å². The number of ether oxygens (including phenoxy) is 1. The molecule has 3 heterocycles. The lowest BCUT2D eigenvalue weighted by molar-refractivity contribution is 0.0697. The first-order valence-electron chi connectivity index (χ1n) is 9.96. The highest BCUT2D eigenvalue weighted by molar-refractivity contribution is 5.97. The van der Waals surface area contributed by atoms with Crippen molar-refractivity contribution in [1.29, 1.82) is 0 Å². The smallest absolute Gasteiger partial charge is 0.339 e. The topological polar surface area (TPSA) is 76.4 Å². The van der Waals surface area contributed by atoms with E-state index < -0.39 is 5.97 Å². The Morgan fingerprint density at radius 1 is 1.31 bits per heavy atom. The van der Waals surface area contributed by atoms with Crippen molar-refractivity contribution in [1.82, 2.24) is 9.55 Å². The molecular weight excluding hydrogens is 366 g/mol. The molecule has 148 valence electrons. The molecule has 0 saturated heterocycles. The van der Waals surface area contributed by atoms with Gasteiger partial charge in [-0.1, -0.05) is 6.08 Å². The van der Waals surface area contributed by atoms with E-state index in [0.29, 0.717) is 24.9 Å². The van der Waals surface area contributed by atoms with E-state index >= 15 is 0 Å². The number of pyridine rings is 1. The zero-order valence-corrected chi connectivity index (χ0v) is 16.3. The number of carboxylic acid groups (broad SMARTS) is 1. The first kappa shape index (κ1) is 17.9. The molecule has 1 aliphatic heterocycles. The monoisotopic (exact) mass is 389 g/mol. The minimum Gasteiger partial charge on any atom is -0.478 e. The second-order valence-corrected chi connectivity index (χ2v) is 7.81. The number of aromatic nitrogens is 2. The predicted octanol–water partition coefficient (Wildman–Crippen LogP) is 4.70. The number of fused-ring (bicyclic) bond motifs is 1. The molecule has 0 radical (unpaired) electrons. The van der Waals surface area contributed by atoms with Gasteiger partial charge in [0.2, 0.25) is 0 Å². The van der Waals surface area contributed by atoms with Crippen LogP contribution in [-0.2, 0) is 11.8 Å². The molecule has 1 saturated carbocycles. The standard InChI is InChI=1S/C23H23N3O3/c1-26-7-4-16-10-18(12-19(21(16)26)15-5-8-29-9-6-15)25-22-20(23(27)28)11-17(13-24-22)14-2-3-14/h4-5,7,10-14H,2-3,6,8-9H2,1H3,(H,24,25)(H,27,28). The second-order valence-electron chi connectivity index (χ2n) is 7.81. The van der Waals surface area contributed by atoms with Crippen LogP contribution < -0.4 is 5.32 Å². The summed E-state index contributed by atoms with van der Waals surface area (Å²) in [4.78, 5) is 16.3. The van der Waals surface area contributed by atoms with Crippen LogP contribution in [0.15, 0.2) is 42.7 Å². The number of rotatable bonds is 5. The minimum atomic E-state index is -0.962.